The van der Waals surface area contributed by atoms with Gasteiger partial charge in [0, 0.05) is 0 Å². The van der Waals surface area contributed by atoms with Crippen molar-refractivity contribution < 1.29 is 4.79 Å². The fraction of sp³-hybridized carbons (Fsp3) is 0.800. The summed E-state index contributed by atoms with van der Waals surface area (Å²) in [5.74, 6) is 0.278. The molecule has 0 aromatic rings. The molecule has 0 spiro atoms. The molecule has 0 saturated heterocycles. The van der Waals surface area contributed by atoms with Gasteiger partial charge in [0.05, 0.1) is 4.83 Å². The van der Waals surface area contributed by atoms with Crippen LogP contribution in [0.15, 0.2) is 0 Å². The summed E-state index contributed by atoms with van der Waals surface area (Å²) in [6, 6.07) is 0. The number of rotatable bonds is 2. The van der Waals surface area contributed by atoms with Gasteiger partial charge in [-0.3, -0.25) is 4.79 Å². The van der Waals surface area contributed by atoms with Crippen molar-refractivity contribution in [2.75, 3.05) is 0 Å². The normalized spacial score (nSPS) is 14.1. The molecule has 0 rings (SSSR count). The molecule has 0 aliphatic carbocycles. The first kappa shape index (κ1) is 8.44. The molecule has 48 valence electrons. The predicted molar refractivity (Wildman–Crippen MR) is 38.4 cm³/mol. The van der Waals surface area contributed by atoms with Gasteiger partial charge < -0.3 is 0 Å². The van der Waals surface area contributed by atoms with Gasteiger partial charge in [0.25, 0.3) is 0 Å². The monoisotopic (exact) mass is 198 g/mol. The quantitative estimate of drug-likeness (QED) is 0.492. The van der Waals surface area contributed by atoms with Crippen molar-refractivity contribution in [3.8, 4) is 0 Å². The van der Waals surface area contributed by atoms with E-state index in [1.807, 2.05) is 13.8 Å². The summed E-state index contributed by atoms with van der Waals surface area (Å²) in [7, 11) is 0. The van der Waals surface area contributed by atoms with Crippen molar-refractivity contribution >= 4 is 32.8 Å². The summed E-state index contributed by atoms with van der Waals surface area (Å²) < 4.78 is 0. The van der Waals surface area contributed by atoms with Crippen LogP contribution in [0.2, 0.25) is 0 Å². The highest BCUT2D eigenvalue weighted by Crippen LogP contribution is 2.13. The summed E-state index contributed by atoms with van der Waals surface area (Å²) in [5.41, 5.74) is 0. The third-order valence-electron chi connectivity index (χ3n) is 0.802. The van der Waals surface area contributed by atoms with E-state index in [-0.39, 0.29) is 16.0 Å². The van der Waals surface area contributed by atoms with Crippen LogP contribution < -0.4 is 0 Å². The van der Waals surface area contributed by atoms with Crippen molar-refractivity contribution in [2.24, 2.45) is 5.92 Å². The van der Waals surface area contributed by atoms with E-state index >= 15 is 0 Å². The van der Waals surface area contributed by atoms with Crippen molar-refractivity contribution in [3.63, 3.8) is 0 Å². The largest absolute Gasteiger partial charge is 0.280 e. The zero-order valence-electron chi connectivity index (χ0n) is 4.82. The topological polar surface area (TPSA) is 17.1 Å². The van der Waals surface area contributed by atoms with Crippen LogP contribution in [-0.4, -0.2) is 10.1 Å². The lowest BCUT2D eigenvalue weighted by molar-refractivity contribution is -0.111. The highest BCUT2D eigenvalue weighted by Gasteiger charge is 2.14. The number of carbonyl (C=O) groups is 1. The highest BCUT2D eigenvalue weighted by atomic mass is 79.9. The molecule has 0 aromatic carbocycles. The Morgan fingerprint density at radius 1 is 1.62 bits per heavy atom. The molecule has 8 heavy (non-hydrogen) atoms. The fourth-order valence-electron chi connectivity index (χ4n) is 0.262. The van der Waals surface area contributed by atoms with Gasteiger partial charge in [0.15, 0.2) is 0 Å². The van der Waals surface area contributed by atoms with Gasteiger partial charge in [0.1, 0.15) is 0 Å². The molecule has 0 fully saturated rings. The number of carbonyl (C=O) groups excluding carboxylic acids is 1. The van der Waals surface area contributed by atoms with Gasteiger partial charge in [-0.15, -0.1) is 0 Å². The second-order valence-corrected chi connectivity index (χ2v) is 3.31. The van der Waals surface area contributed by atoms with Crippen LogP contribution in [-0.2, 0) is 4.79 Å². The maximum absolute atomic E-state index is 10.3. The van der Waals surface area contributed by atoms with Gasteiger partial charge in [-0.05, 0) is 17.5 Å². The molecule has 0 radical (unpaired) electrons. The fourth-order valence-corrected chi connectivity index (χ4v) is 0.514. The lowest BCUT2D eigenvalue weighted by Crippen LogP contribution is -2.13. The van der Waals surface area contributed by atoms with Crippen molar-refractivity contribution in [1.82, 2.24) is 0 Å². The van der Waals surface area contributed by atoms with Crippen LogP contribution in [0.3, 0.4) is 0 Å². The molecule has 0 aliphatic heterocycles. The van der Waals surface area contributed by atoms with Crippen LogP contribution in [0.5, 0.6) is 0 Å². The van der Waals surface area contributed by atoms with Gasteiger partial charge in [0.2, 0.25) is 5.24 Å². The van der Waals surface area contributed by atoms with E-state index in [0.717, 1.165) is 0 Å². The average Bonchev–Trinajstić information content (AvgIpc) is 1.64. The standard InChI is InChI=1S/C5H8BrClO/c1-3(2)4(6)5(7)8/h3-4H,1-2H3/t4-/m0/s1. The molecule has 0 unspecified atom stereocenters. The van der Waals surface area contributed by atoms with Crippen molar-refractivity contribution in [3.05, 3.63) is 0 Å². The van der Waals surface area contributed by atoms with E-state index in [1.54, 1.807) is 0 Å². The summed E-state index contributed by atoms with van der Waals surface area (Å²) in [5, 5.41) is -0.319. The number of hydrogen-bond acceptors (Lipinski definition) is 1. The number of halogens is 2. The molecule has 0 N–H and O–H groups in total. The molecular weight excluding hydrogens is 191 g/mol. The first-order valence-electron chi connectivity index (χ1n) is 2.39. The van der Waals surface area contributed by atoms with Crippen LogP contribution in [0.4, 0.5) is 0 Å². The Morgan fingerprint density at radius 2 is 2.00 bits per heavy atom. The molecular formula is C5H8BrClO. The van der Waals surface area contributed by atoms with Crippen molar-refractivity contribution in [1.29, 1.82) is 0 Å². The summed E-state index contributed by atoms with van der Waals surface area (Å²) in [6.45, 7) is 3.86. The Bertz CT molecular complexity index is 92.4. The van der Waals surface area contributed by atoms with Gasteiger partial charge >= 0.3 is 0 Å². The molecule has 0 saturated carbocycles. The molecule has 0 heterocycles. The Kier molecular flexibility index (Phi) is 3.65. The van der Waals surface area contributed by atoms with E-state index in [2.05, 4.69) is 15.9 Å². The first-order chi connectivity index (χ1) is 3.55. The minimum atomic E-state index is -0.319. The Balaban J connectivity index is 3.64. The summed E-state index contributed by atoms with van der Waals surface area (Å²) in [6.07, 6.45) is 0. The second-order valence-electron chi connectivity index (χ2n) is 1.95. The molecule has 0 amide bonds. The third-order valence-corrected chi connectivity index (χ3v) is 2.77. The van der Waals surface area contributed by atoms with Crippen molar-refractivity contribution in [2.45, 2.75) is 18.7 Å². The van der Waals surface area contributed by atoms with Gasteiger partial charge in [-0.2, -0.15) is 0 Å². The Hall–Kier alpha value is 0.440. The Morgan fingerprint density at radius 3 is 2.00 bits per heavy atom. The predicted octanol–water partition coefficient (Wildman–Crippen LogP) is 2.17. The van der Waals surface area contributed by atoms with Gasteiger partial charge in [-0.1, -0.05) is 29.8 Å². The minimum Gasteiger partial charge on any atom is -0.280 e. The van der Waals surface area contributed by atoms with Gasteiger partial charge in [-0.25, -0.2) is 0 Å². The lowest BCUT2D eigenvalue weighted by Gasteiger charge is -2.05. The highest BCUT2D eigenvalue weighted by molar-refractivity contribution is 9.10. The molecule has 0 aromatic heterocycles. The molecule has 0 bridgehead atoms. The van der Waals surface area contributed by atoms with E-state index in [1.165, 1.54) is 0 Å². The molecule has 0 aliphatic rings. The van der Waals surface area contributed by atoms with Crippen LogP contribution in [0, 0.1) is 5.92 Å². The number of alkyl halides is 1. The van der Waals surface area contributed by atoms with E-state index < -0.39 is 0 Å². The average molecular weight is 199 g/mol. The van der Waals surface area contributed by atoms with E-state index in [9.17, 15) is 4.79 Å². The zero-order chi connectivity index (χ0) is 6.73. The first-order valence-corrected chi connectivity index (χ1v) is 3.68. The molecule has 3 heteroatoms. The maximum Gasteiger partial charge on any atom is 0.235 e. The smallest absolute Gasteiger partial charge is 0.235 e. The minimum absolute atomic E-state index is 0.191. The second kappa shape index (κ2) is 3.46. The maximum atomic E-state index is 10.3. The molecule has 1 nitrogen and oxygen atoms in total. The number of hydrogen-bond donors (Lipinski definition) is 0. The third kappa shape index (κ3) is 2.68. The zero-order valence-corrected chi connectivity index (χ0v) is 7.16. The van der Waals surface area contributed by atoms with E-state index in [0.29, 0.717) is 0 Å². The Labute approximate surface area is 62.5 Å². The lowest BCUT2D eigenvalue weighted by atomic mass is 10.2. The van der Waals surface area contributed by atoms with Crippen LogP contribution in [0.25, 0.3) is 0 Å². The van der Waals surface area contributed by atoms with Crippen LogP contribution in [0.1, 0.15) is 13.8 Å². The van der Waals surface area contributed by atoms with Crippen LogP contribution >= 0.6 is 27.5 Å². The summed E-state index contributed by atoms with van der Waals surface area (Å²) in [4.78, 5) is 10.1. The summed E-state index contributed by atoms with van der Waals surface area (Å²) >= 11 is 8.26. The molecule has 1 atom stereocenters. The van der Waals surface area contributed by atoms with E-state index in [4.69, 9.17) is 11.6 Å². The SMILES string of the molecule is CC(C)[C@H](Br)C(=O)Cl.